The highest BCUT2D eigenvalue weighted by atomic mass is 35.5. The van der Waals surface area contributed by atoms with Crippen molar-refractivity contribution in [2.75, 3.05) is 26.8 Å². The van der Waals surface area contributed by atoms with Crippen LogP contribution < -0.4 is 0 Å². The second-order valence-electron chi connectivity index (χ2n) is 5.07. The van der Waals surface area contributed by atoms with Crippen molar-refractivity contribution in [3.05, 3.63) is 0 Å². The summed E-state index contributed by atoms with van der Waals surface area (Å²) in [6.45, 7) is 1.73. The predicted octanol–water partition coefficient (Wildman–Crippen LogP) is 1.44. The molecule has 2 rings (SSSR count). The fourth-order valence-corrected chi connectivity index (χ4v) is 4.72. The fourth-order valence-electron chi connectivity index (χ4n) is 2.50. The standard InChI is InChI=1S/C11H20ClNO3S/c1-13(8-9-6-10(12)7-9)17(14,15)11-2-4-16-5-3-11/h9-11H,2-8H2,1H3. The molecule has 100 valence electrons. The van der Waals surface area contributed by atoms with Crippen LogP contribution in [-0.4, -0.2) is 50.2 Å². The Morgan fingerprint density at radius 3 is 2.41 bits per heavy atom. The van der Waals surface area contributed by atoms with Crippen LogP contribution in [0.5, 0.6) is 0 Å². The maximum absolute atomic E-state index is 12.3. The summed E-state index contributed by atoms with van der Waals surface area (Å²) in [6, 6.07) is 0. The topological polar surface area (TPSA) is 46.6 Å². The molecule has 0 radical (unpaired) electrons. The molecule has 1 aliphatic heterocycles. The van der Waals surface area contributed by atoms with Crippen LogP contribution in [0.3, 0.4) is 0 Å². The van der Waals surface area contributed by atoms with E-state index in [4.69, 9.17) is 16.3 Å². The third-order valence-electron chi connectivity index (χ3n) is 3.72. The largest absolute Gasteiger partial charge is 0.381 e. The van der Waals surface area contributed by atoms with E-state index in [1.807, 2.05) is 0 Å². The SMILES string of the molecule is CN(CC1CC(Cl)C1)S(=O)(=O)C1CCOCC1. The second-order valence-corrected chi connectivity index (χ2v) is 8.01. The van der Waals surface area contributed by atoms with E-state index < -0.39 is 10.0 Å². The monoisotopic (exact) mass is 281 g/mol. The summed E-state index contributed by atoms with van der Waals surface area (Å²) < 4.78 is 31.3. The molecule has 1 aliphatic carbocycles. The number of hydrogen-bond acceptors (Lipinski definition) is 3. The van der Waals surface area contributed by atoms with Gasteiger partial charge in [-0.1, -0.05) is 0 Å². The zero-order chi connectivity index (χ0) is 12.5. The Bertz CT molecular complexity index is 348. The molecule has 2 aliphatic rings. The zero-order valence-electron chi connectivity index (χ0n) is 10.1. The molecule has 0 bridgehead atoms. The van der Waals surface area contributed by atoms with Crippen LogP contribution in [0.2, 0.25) is 0 Å². The number of nitrogens with zero attached hydrogens (tertiary/aromatic N) is 1. The number of rotatable bonds is 4. The average Bonchev–Trinajstić information content (AvgIpc) is 2.28. The lowest BCUT2D eigenvalue weighted by Gasteiger charge is -2.35. The summed E-state index contributed by atoms with van der Waals surface area (Å²) in [5, 5.41) is -0.00712. The summed E-state index contributed by atoms with van der Waals surface area (Å²) in [5.41, 5.74) is 0. The van der Waals surface area contributed by atoms with Gasteiger partial charge in [0.15, 0.2) is 0 Å². The molecule has 1 saturated heterocycles. The van der Waals surface area contributed by atoms with Gasteiger partial charge in [-0.2, -0.15) is 0 Å². The third kappa shape index (κ3) is 3.13. The maximum Gasteiger partial charge on any atom is 0.216 e. The lowest BCUT2D eigenvalue weighted by molar-refractivity contribution is 0.0971. The Hall–Kier alpha value is 0.160. The van der Waals surface area contributed by atoms with Crippen LogP contribution in [0.15, 0.2) is 0 Å². The van der Waals surface area contributed by atoms with E-state index in [-0.39, 0.29) is 10.6 Å². The Morgan fingerprint density at radius 1 is 1.29 bits per heavy atom. The van der Waals surface area contributed by atoms with Crippen LogP contribution in [0.25, 0.3) is 0 Å². The van der Waals surface area contributed by atoms with Crippen molar-refractivity contribution in [3.8, 4) is 0 Å². The first-order chi connectivity index (χ1) is 8.00. The molecule has 0 unspecified atom stereocenters. The van der Waals surface area contributed by atoms with Crippen molar-refractivity contribution < 1.29 is 13.2 Å². The Kier molecular flexibility index (Phi) is 4.34. The average molecular weight is 282 g/mol. The van der Waals surface area contributed by atoms with Gasteiger partial charge in [-0.05, 0) is 31.6 Å². The van der Waals surface area contributed by atoms with Gasteiger partial charge < -0.3 is 4.74 Å². The number of alkyl halides is 1. The first-order valence-corrected chi connectivity index (χ1v) is 8.11. The smallest absolute Gasteiger partial charge is 0.216 e. The van der Waals surface area contributed by atoms with Crippen LogP contribution in [-0.2, 0) is 14.8 Å². The van der Waals surface area contributed by atoms with Crippen molar-refractivity contribution in [2.45, 2.75) is 36.3 Å². The van der Waals surface area contributed by atoms with E-state index in [9.17, 15) is 8.42 Å². The van der Waals surface area contributed by atoms with Gasteiger partial charge in [-0.3, -0.25) is 0 Å². The van der Waals surface area contributed by atoms with E-state index in [1.165, 1.54) is 4.31 Å². The van der Waals surface area contributed by atoms with Gasteiger partial charge >= 0.3 is 0 Å². The summed E-state index contributed by atoms with van der Waals surface area (Å²) in [5.74, 6) is 0.442. The summed E-state index contributed by atoms with van der Waals surface area (Å²) in [7, 11) is -1.45. The molecule has 2 fully saturated rings. The Balaban J connectivity index is 1.89. The normalized spacial score (nSPS) is 31.5. The number of ether oxygens (including phenoxy) is 1. The Labute approximate surface area is 108 Å². The molecule has 0 N–H and O–H groups in total. The van der Waals surface area contributed by atoms with E-state index in [0.717, 1.165) is 12.8 Å². The molecule has 1 heterocycles. The molecule has 0 amide bonds. The molecular formula is C11H20ClNO3S. The van der Waals surface area contributed by atoms with Crippen molar-refractivity contribution in [3.63, 3.8) is 0 Å². The predicted molar refractivity (Wildman–Crippen MR) is 67.8 cm³/mol. The molecule has 0 atom stereocenters. The second kappa shape index (κ2) is 5.43. The van der Waals surface area contributed by atoms with Crippen LogP contribution in [0.1, 0.15) is 25.7 Å². The summed E-state index contributed by atoms with van der Waals surface area (Å²) in [4.78, 5) is 0. The highest BCUT2D eigenvalue weighted by molar-refractivity contribution is 7.89. The molecule has 17 heavy (non-hydrogen) atoms. The molecule has 6 heteroatoms. The highest BCUT2D eigenvalue weighted by Crippen LogP contribution is 2.33. The van der Waals surface area contributed by atoms with Crippen molar-refractivity contribution >= 4 is 21.6 Å². The Morgan fingerprint density at radius 2 is 1.88 bits per heavy atom. The lowest BCUT2D eigenvalue weighted by Crippen LogP contribution is -2.43. The minimum absolute atomic E-state index is 0.249. The van der Waals surface area contributed by atoms with E-state index in [0.29, 0.717) is 38.5 Å². The quantitative estimate of drug-likeness (QED) is 0.733. The van der Waals surface area contributed by atoms with Crippen molar-refractivity contribution in [1.82, 2.24) is 4.31 Å². The molecule has 0 spiro atoms. The lowest BCUT2D eigenvalue weighted by atomic mass is 9.85. The van der Waals surface area contributed by atoms with Crippen molar-refractivity contribution in [1.29, 1.82) is 0 Å². The van der Waals surface area contributed by atoms with E-state index in [2.05, 4.69) is 0 Å². The molecule has 0 aromatic carbocycles. The van der Waals surface area contributed by atoms with Gasteiger partial charge in [0, 0.05) is 32.2 Å². The summed E-state index contributed by atoms with van der Waals surface area (Å²) >= 11 is 5.91. The van der Waals surface area contributed by atoms with Gasteiger partial charge in [0.2, 0.25) is 10.0 Å². The van der Waals surface area contributed by atoms with E-state index in [1.54, 1.807) is 7.05 Å². The fraction of sp³-hybridized carbons (Fsp3) is 1.00. The molecule has 0 aromatic rings. The summed E-state index contributed by atoms with van der Waals surface area (Å²) in [6.07, 6.45) is 3.12. The highest BCUT2D eigenvalue weighted by Gasteiger charge is 2.35. The molecule has 4 nitrogen and oxygen atoms in total. The van der Waals surface area contributed by atoms with E-state index >= 15 is 0 Å². The zero-order valence-corrected chi connectivity index (χ0v) is 11.7. The van der Waals surface area contributed by atoms with Gasteiger partial charge in [0.05, 0.1) is 5.25 Å². The number of sulfonamides is 1. The molecule has 1 saturated carbocycles. The third-order valence-corrected chi connectivity index (χ3v) is 6.41. The molecular weight excluding hydrogens is 262 g/mol. The number of halogens is 1. The van der Waals surface area contributed by atoms with Gasteiger partial charge in [-0.15, -0.1) is 11.6 Å². The maximum atomic E-state index is 12.3. The van der Waals surface area contributed by atoms with Gasteiger partial charge in [-0.25, -0.2) is 12.7 Å². The first kappa shape index (κ1) is 13.6. The first-order valence-electron chi connectivity index (χ1n) is 6.17. The van der Waals surface area contributed by atoms with Gasteiger partial charge in [0.25, 0.3) is 0 Å². The minimum Gasteiger partial charge on any atom is -0.381 e. The number of hydrogen-bond donors (Lipinski definition) is 0. The molecule has 0 aromatic heterocycles. The van der Waals surface area contributed by atoms with Gasteiger partial charge in [0.1, 0.15) is 0 Å². The van der Waals surface area contributed by atoms with Crippen LogP contribution in [0.4, 0.5) is 0 Å². The van der Waals surface area contributed by atoms with Crippen molar-refractivity contribution in [2.24, 2.45) is 5.92 Å². The van der Waals surface area contributed by atoms with Crippen LogP contribution in [0, 0.1) is 5.92 Å². The minimum atomic E-state index is -3.14. The van der Waals surface area contributed by atoms with Crippen LogP contribution >= 0.6 is 11.6 Å².